The van der Waals surface area contributed by atoms with Gasteiger partial charge in [0.05, 0.1) is 0 Å². The Kier molecular flexibility index (Phi) is 7.14. The number of aromatic nitrogens is 3. The Morgan fingerprint density at radius 1 is 1.06 bits per heavy atom. The standard InChI is InChI=1S/C28H35N5OS/c1-4-35-23-14-10-20(11-15-23)16-29-28(34)32-17-24(21-8-6-5-7-9-21)25(18-32)27-30-26(22-12-13-22)31-33(27)19(2)3/h5-11,14-15,19,22,24-25H,4,12-13,16-18H2,1-3H3,(H,29,34). The van der Waals surface area contributed by atoms with Crippen LogP contribution in [0.3, 0.4) is 0 Å². The van der Waals surface area contributed by atoms with Crippen molar-refractivity contribution in [1.29, 1.82) is 0 Å². The number of nitrogens with one attached hydrogen (secondary N) is 1. The molecular weight excluding hydrogens is 454 g/mol. The molecule has 6 nitrogen and oxygen atoms in total. The van der Waals surface area contributed by atoms with E-state index < -0.39 is 0 Å². The van der Waals surface area contributed by atoms with E-state index in [1.54, 1.807) is 0 Å². The summed E-state index contributed by atoms with van der Waals surface area (Å²) in [5.41, 5.74) is 2.37. The summed E-state index contributed by atoms with van der Waals surface area (Å²) < 4.78 is 2.10. The molecule has 0 spiro atoms. The van der Waals surface area contributed by atoms with Crippen LogP contribution in [0, 0.1) is 0 Å². The second-order valence-electron chi connectivity index (χ2n) is 9.91. The molecule has 35 heavy (non-hydrogen) atoms. The minimum absolute atomic E-state index is 0.0153. The lowest BCUT2D eigenvalue weighted by atomic mass is 9.88. The van der Waals surface area contributed by atoms with Crippen molar-refractivity contribution in [1.82, 2.24) is 25.0 Å². The zero-order chi connectivity index (χ0) is 24.4. The first-order valence-electron chi connectivity index (χ1n) is 12.8. The highest BCUT2D eigenvalue weighted by Crippen LogP contribution is 2.43. The van der Waals surface area contributed by atoms with Gasteiger partial charge in [-0.3, -0.25) is 0 Å². The molecule has 5 rings (SSSR count). The molecule has 2 heterocycles. The number of carbonyl (C=O) groups excluding carboxylic acids is 1. The third kappa shape index (κ3) is 5.40. The molecule has 1 aliphatic carbocycles. The molecule has 7 heteroatoms. The summed E-state index contributed by atoms with van der Waals surface area (Å²) in [4.78, 5) is 21.5. The number of thioether (sulfide) groups is 1. The molecule has 3 aromatic rings. The van der Waals surface area contributed by atoms with Gasteiger partial charge in [-0.1, -0.05) is 49.4 Å². The number of likely N-dealkylation sites (tertiary alicyclic amines) is 1. The summed E-state index contributed by atoms with van der Waals surface area (Å²) >= 11 is 1.83. The second kappa shape index (κ2) is 10.4. The Labute approximate surface area is 212 Å². The molecule has 2 aliphatic rings. The predicted molar refractivity (Wildman–Crippen MR) is 141 cm³/mol. The molecule has 1 N–H and O–H groups in total. The van der Waals surface area contributed by atoms with Crippen molar-refractivity contribution in [2.45, 2.75) is 68.8 Å². The molecule has 2 amide bonds. The number of rotatable bonds is 8. The van der Waals surface area contributed by atoms with Crippen LogP contribution < -0.4 is 5.32 Å². The van der Waals surface area contributed by atoms with Crippen LogP contribution in [0.5, 0.6) is 0 Å². The van der Waals surface area contributed by atoms with Gasteiger partial charge in [-0.2, -0.15) is 5.10 Å². The lowest BCUT2D eigenvalue weighted by molar-refractivity contribution is 0.207. The molecule has 0 bridgehead atoms. The van der Waals surface area contributed by atoms with E-state index in [-0.39, 0.29) is 23.9 Å². The lowest BCUT2D eigenvalue weighted by Gasteiger charge is -2.20. The summed E-state index contributed by atoms with van der Waals surface area (Å²) in [5, 5.41) is 8.04. The summed E-state index contributed by atoms with van der Waals surface area (Å²) in [6.45, 7) is 8.33. The first-order valence-corrected chi connectivity index (χ1v) is 13.8. The number of hydrogen-bond donors (Lipinski definition) is 1. The van der Waals surface area contributed by atoms with Crippen LogP contribution in [0.25, 0.3) is 0 Å². The maximum absolute atomic E-state index is 13.3. The third-order valence-electron chi connectivity index (χ3n) is 6.95. The Balaban J connectivity index is 1.34. The summed E-state index contributed by atoms with van der Waals surface area (Å²) in [7, 11) is 0. The first-order chi connectivity index (χ1) is 17.0. The van der Waals surface area contributed by atoms with Gasteiger partial charge in [0.1, 0.15) is 5.82 Å². The number of urea groups is 1. The SMILES string of the molecule is CCSc1ccc(CNC(=O)N2CC(c3ccccc3)C(c3nc(C4CC4)nn3C(C)C)C2)cc1. The molecule has 1 saturated heterocycles. The van der Waals surface area contributed by atoms with Gasteiger partial charge >= 0.3 is 6.03 Å². The normalized spacial score (nSPS) is 19.9. The average molecular weight is 490 g/mol. The number of benzene rings is 2. The smallest absolute Gasteiger partial charge is 0.317 e. The van der Waals surface area contributed by atoms with Crippen molar-refractivity contribution in [3.8, 4) is 0 Å². The van der Waals surface area contributed by atoms with E-state index in [4.69, 9.17) is 10.1 Å². The van der Waals surface area contributed by atoms with Crippen LogP contribution in [-0.4, -0.2) is 44.5 Å². The molecule has 184 valence electrons. The van der Waals surface area contributed by atoms with Crippen molar-refractivity contribution < 1.29 is 4.79 Å². The number of hydrogen-bond acceptors (Lipinski definition) is 4. The van der Waals surface area contributed by atoms with Crippen LogP contribution in [0.1, 0.15) is 80.2 Å². The maximum atomic E-state index is 13.3. The van der Waals surface area contributed by atoms with E-state index >= 15 is 0 Å². The van der Waals surface area contributed by atoms with Crippen molar-refractivity contribution >= 4 is 17.8 Å². The van der Waals surface area contributed by atoms with Gasteiger partial charge in [-0.05, 0) is 55.7 Å². The van der Waals surface area contributed by atoms with Crippen LogP contribution in [-0.2, 0) is 6.54 Å². The van der Waals surface area contributed by atoms with Gasteiger partial charge < -0.3 is 10.2 Å². The molecule has 1 aliphatic heterocycles. The van der Waals surface area contributed by atoms with Crippen LogP contribution in [0.4, 0.5) is 4.79 Å². The quantitative estimate of drug-likeness (QED) is 0.398. The minimum Gasteiger partial charge on any atom is -0.334 e. The van der Waals surface area contributed by atoms with E-state index in [2.05, 4.69) is 79.3 Å². The lowest BCUT2D eigenvalue weighted by Crippen LogP contribution is -2.38. The van der Waals surface area contributed by atoms with E-state index in [9.17, 15) is 4.79 Å². The second-order valence-corrected chi connectivity index (χ2v) is 11.2. The largest absolute Gasteiger partial charge is 0.334 e. The van der Waals surface area contributed by atoms with Gasteiger partial charge in [0.15, 0.2) is 5.82 Å². The van der Waals surface area contributed by atoms with Crippen molar-refractivity contribution in [3.05, 3.63) is 77.4 Å². The number of amides is 2. The Hall–Kier alpha value is -2.80. The number of nitrogens with zero attached hydrogens (tertiary/aromatic N) is 4. The first kappa shape index (κ1) is 23.9. The molecule has 1 aromatic heterocycles. The van der Waals surface area contributed by atoms with Gasteiger partial charge in [-0.25, -0.2) is 14.5 Å². The van der Waals surface area contributed by atoms with Crippen molar-refractivity contribution in [2.75, 3.05) is 18.8 Å². The average Bonchev–Trinajstić information content (AvgIpc) is 3.46. The van der Waals surface area contributed by atoms with Crippen molar-refractivity contribution in [2.24, 2.45) is 0 Å². The fourth-order valence-electron chi connectivity index (χ4n) is 4.93. The summed E-state index contributed by atoms with van der Waals surface area (Å²) in [6, 6.07) is 19.2. The molecule has 1 saturated carbocycles. The summed E-state index contributed by atoms with van der Waals surface area (Å²) in [6.07, 6.45) is 2.36. The third-order valence-corrected chi connectivity index (χ3v) is 7.84. The fourth-order valence-corrected chi connectivity index (χ4v) is 5.59. The highest BCUT2D eigenvalue weighted by Gasteiger charge is 2.41. The van der Waals surface area contributed by atoms with Crippen LogP contribution in [0.15, 0.2) is 59.5 Å². The molecule has 0 radical (unpaired) electrons. The van der Waals surface area contributed by atoms with E-state index in [0.29, 0.717) is 25.6 Å². The zero-order valence-electron chi connectivity index (χ0n) is 20.9. The van der Waals surface area contributed by atoms with E-state index in [1.165, 1.54) is 23.3 Å². The predicted octanol–water partition coefficient (Wildman–Crippen LogP) is 5.94. The number of carbonyl (C=O) groups is 1. The molecular formula is C28H35N5OS. The summed E-state index contributed by atoms with van der Waals surface area (Å²) in [5.74, 6) is 3.88. The highest BCUT2D eigenvalue weighted by molar-refractivity contribution is 7.99. The topological polar surface area (TPSA) is 63.1 Å². The van der Waals surface area contributed by atoms with Gasteiger partial charge in [0.2, 0.25) is 0 Å². The molecule has 2 fully saturated rings. The monoisotopic (exact) mass is 489 g/mol. The Morgan fingerprint density at radius 2 is 1.77 bits per heavy atom. The Morgan fingerprint density at radius 3 is 2.43 bits per heavy atom. The van der Waals surface area contributed by atoms with E-state index in [0.717, 1.165) is 23.0 Å². The van der Waals surface area contributed by atoms with Crippen molar-refractivity contribution in [3.63, 3.8) is 0 Å². The van der Waals surface area contributed by atoms with Crippen LogP contribution in [0.2, 0.25) is 0 Å². The minimum atomic E-state index is -0.0153. The van der Waals surface area contributed by atoms with Gasteiger partial charge in [-0.15, -0.1) is 11.8 Å². The molecule has 2 unspecified atom stereocenters. The van der Waals surface area contributed by atoms with Crippen LogP contribution >= 0.6 is 11.8 Å². The molecule has 2 aromatic carbocycles. The molecule has 2 atom stereocenters. The van der Waals surface area contributed by atoms with Gasteiger partial charge in [0, 0.05) is 48.3 Å². The fraction of sp³-hybridized carbons (Fsp3) is 0.464. The van der Waals surface area contributed by atoms with E-state index in [1.807, 2.05) is 22.7 Å². The maximum Gasteiger partial charge on any atom is 0.317 e. The Bertz CT molecular complexity index is 1140. The zero-order valence-corrected chi connectivity index (χ0v) is 21.7. The van der Waals surface area contributed by atoms with Gasteiger partial charge in [0.25, 0.3) is 0 Å². The highest BCUT2D eigenvalue weighted by atomic mass is 32.2.